The Morgan fingerprint density at radius 1 is 0.565 bits per heavy atom. The van der Waals surface area contributed by atoms with Crippen LogP contribution in [0.2, 0.25) is 0 Å². The summed E-state index contributed by atoms with van der Waals surface area (Å²) >= 11 is 0. The van der Waals surface area contributed by atoms with E-state index in [0.29, 0.717) is 0 Å². The van der Waals surface area contributed by atoms with Gasteiger partial charge in [-0.2, -0.15) is 0 Å². The van der Waals surface area contributed by atoms with Crippen molar-refractivity contribution in [2.24, 2.45) is 0 Å². The van der Waals surface area contributed by atoms with Crippen LogP contribution in [0.4, 0.5) is 0 Å². The Labute approximate surface area is 284 Å². The molecule has 3 nitrogen and oxygen atoms in total. The molecule has 4 aromatic carbocycles. The number of fused-ring (bicyclic) bond motifs is 4. The molecule has 3 heterocycles. The fraction of sp³-hybridized carbons (Fsp3) is 0.119. The summed E-state index contributed by atoms with van der Waals surface area (Å²) in [7, 11) is 0. The minimum absolute atomic E-state index is 0. The van der Waals surface area contributed by atoms with Crippen molar-refractivity contribution in [3.8, 4) is 33.6 Å². The summed E-state index contributed by atoms with van der Waals surface area (Å²) in [6.45, 7) is 6.70. The van der Waals surface area contributed by atoms with Gasteiger partial charge in [0.15, 0.2) is 0 Å². The molecule has 0 saturated carbocycles. The van der Waals surface area contributed by atoms with Gasteiger partial charge < -0.3 is 9.97 Å². The number of rotatable bonds is 4. The maximum atomic E-state index is 4.87. The molecule has 0 aliphatic heterocycles. The average molecular weight is 773 g/mol. The second kappa shape index (κ2) is 11.6. The van der Waals surface area contributed by atoms with E-state index in [-0.39, 0.29) is 26.5 Å². The van der Waals surface area contributed by atoms with E-state index in [4.69, 9.17) is 15.0 Å². The number of pyridine rings is 3. The minimum Gasteiger partial charge on any atom is -0.305 e. The van der Waals surface area contributed by atoms with Crippen LogP contribution in [-0.4, -0.2) is 15.0 Å². The maximum absolute atomic E-state index is 4.87. The van der Waals surface area contributed by atoms with Crippen molar-refractivity contribution in [3.63, 3.8) is 0 Å². The molecule has 224 valence electrons. The fourth-order valence-corrected chi connectivity index (χ4v) is 6.88. The molecule has 0 bridgehead atoms. The molecule has 1 aliphatic carbocycles. The van der Waals surface area contributed by atoms with Crippen molar-refractivity contribution in [3.05, 3.63) is 174 Å². The Morgan fingerprint density at radius 3 is 1.98 bits per heavy atom. The van der Waals surface area contributed by atoms with Crippen molar-refractivity contribution in [1.29, 1.82) is 0 Å². The molecule has 0 amide bonds. The van der Waals surface area contributed by atoms with Gasteiger partial charge >= 0.3 is 21.1 Å². The van der Waals surface area contributed by atoms with Crippen LogP contribution in [0.25, 0.3) is 44.5 Å². The largest absolute Gasteiger partial charge is 2.00 e. The first-order valence-electron chi connectivity index (χ1n) is 15.4. The van der Waals surface area contributed by atoms with Crippen LogP contribution >= 0.6 is 0 Å². The maximum Gasteiger partial charge on any atom is 2.00 e. The van der Waals surface area contributed by atoms with E-state index in [0.717, 1.165) is 44.5 Å². The molecule has 46 heavy (non-hydrogen) atoms. The summed E-state index contributed by atoms with van der Waals surface area (Å²) in [5.74, 6) is 0. The standard InChI is InChI=1S/C42H31N3.Pt/c1-41(2,3)29-20-23-45-39(26-29)28-12-10-13-30(24-28)42(36-17-6-4-14-32(36)33-15-5-7-18-37(33)42)31-25-35(38-19-8-9-21-43-38)34-16-11-22-44-40(34)27-31;/h4-23,26-27H,1-3H3;/q-2;+2. The molecular weight excluding hydrogens is 742 g/mol. The quantitative estimate of drug-likeness (QED) is 0.167. The van der Waals surface area contributed by atoms with Crippen molar-refractivity contribution in [2.45, 2.75) is 31.6 Å². The Morgan fingerprint density at radius 2 is 1.26 bits per heavy atom. The monoisotopic (exact) mass is 772 g/mol. The minimum atomic E-state index is -0.694. The van der Waals surface area contributed by atoms with Crippen LogP contribution in [0.5, 0.6) is 0 Å². The molecule has 8 rings (SSSR count). The van der Waals surface area contributed by atoms with Gasteiger partial charge in [-0.25, -0.2) is 0 Å². The summed E-state index contributed by atoms with van der Waals surface area (Å²) in [5.41, 5.74) is 12.0. The smallest absolute Gasteiger partial charge is 0.305 e. The van der Waals surface area contributed by atoms with E-state index in [9.17, 15) is 0 Å². The summed E-state index contributed by atoms with van der Waals surface area (Å²) < 4.78 is 0. The number of aromatic nitrogens is 3. The Balaban J connectivity index is 0.00000338. The zero-order valence-corrected chi connectivity index (χ0v) is 28.1. The van der Waals surface area contributed by atoms with E-state index in [2.05, 4.69) is 124 Å². The molecule has 3 aromatic heterocycles. The Bertz CT molecular complexity index is 2170. The van der Waals surface area contributed by atoms with Gasteiger partial charge in [0.05, 0.1) is 0 Å². The zero-order chi connectivity index (χ0) is 30.6. The second-order valence-electron chi connectivity index (χ2n) is 12.7. The summed E-state index contributed by atoms with van der Waals surface area (Å²) in [5, 5.41) is 1.02. The molecule has 1 aliphatic rings. The first-order chi connectivity index (χ1) is 21.9. The van der Waals surface area contributed by atoms with Gasteiger partial charge in [0.25, 0.3) is 0 Å². The summed E-state index contributed by atoms with van der Waals surface area (Å²) in [6.07, 6.45) is 5.61. The molecule has 0 unspecified atom stereocenters. The van der Waals surface area contributed by atoms with Crippen molar-refractivity contribution < 1.29 is 21.1 Å². The fourth-order valence-electron chi connectivity index (χ4n) is 6.88. The molecule has 0 N–H and O–H groups in total. The Kier molecular flexibility index (Phi) is 7.54. The van der Waals surface area contributed by atoms with Crippen LogP contribution in [0.3, 0.4) is 0 Å². The number of hydrogen-bond acceptors (Lipinski definition) is 3. The molecule has 0 atom stereocenters. The molecule has 0 spiro atoms. The van der Waals surface area contributed by atoms with Gasteiger partial charge in [-0.15, -0.1) is 58.7 Å². The van der Waals surface area contributed by atoms with E-state index < -0.39 is 5.41 Å². The van der Waals surface area contributed by atoms with Crippen molar-refractivity contribution in [1.82, 2.24) is 15.0 Å². The number of hydrogen-bond donors (Lipinski definition) is 0. The predicted octanol–water partition coefficient (Wildman–Crippen LogP) is 9.62. The summed E-state index contributed by atoms with van der Waals surface area (Å²) in [6, 6.07) is 48.4. The van der Waals surface area contributed by atoms with Crippen LogP contribution in [0.15, 0.2) is 134 Å². The SMILES string of the molecule is CC(C)(C)c1ccnc(-c2[c-]c(C3(c4[c-]c(-c5ccccn5)c5cccnc5c4)c4ccccc4-c4ccccc43)ccc2)c1.[Pt+2]. The molecule has 0 fully saturated rings. The van der Waals surface area contributed by atoms with Gasteiger partial charge in [0, 0.05) is 24.0 Å². The van der Waals surface area contributed by atoms with Gasteiger partial charge in [-0.1, -0.05) is 105 Å². The predicted molar refractivity (Wildman–Crippen MR) is 182 cm³/mol. The van der Waals surface area contributed by atoms with Crippen molar-refractivity contribution in [2.75, 3.05) is 0 Å². The van der Waals surface area contributed by atoms with Gasteiger partial charge in [0.1, 0.15) is 0 Å². The van der Waals surface area contributed by atoms with Gasteiger partial charge in [0.2, 0.25) is 0 Å². The Hall–Kier alpha value is -4.72. The van der Waals surface area contributed by atoms with Gasteiger partial charge in [-0.05, 0) is 62.3 Å². The third-order valence-electron chi connectivity index (χ3n) is 9.03. The van der Waals surface area contributed by atoms with Crippen LogP contribution < -0.4 is 0 Å². The summed E-state index contributed by atoms with van der Waals surface area (Å²) in [4.78, 5) is 14.4. The second-order valence-corrected chi connectivity index (χ2v) is 12.7. The average Bonchev–Trinajstić information content (AvgIpc) is 3.39. The molecule has 7 aromatic rings. The molecular formula is C42H31N3Pt. The van der Waals surface area contributed by atoms with Crippen LogP contribution in [0.1, 0.15) is 48.6 Å². The molecule has 0 radical (unpaired) electrons. The first kappa shape index (κ1) is 30.0. The zero-order valence-electron chi connectivity index (χ0n) is 25.9. The van der Waals surface area contributed by atoms with Crippen molar-refractivity contribution >= 4 is 10.9 Å². The molecule has 0 saturated heterocycles. The number of nitrogens with zero attached hydrogens (tertiary/aromatic N) is 3. The first-order valence-corrected chi connectivity index (χ1v) is 15.4. The van der Waals surface area contributed by atoms with E-state index in [1.165, 1.54) is 27.8 Å². The normalized spacial score (nSPS) is 13.1. The van der Waals surface area contributed by atoms with E-state index >= 15 is 0 Å². The van der Waals surface area contributed by atoms with E-state index in [1.807, 2.05) is 42.9 Å². The third-order valence-corrected chi connectivity index (χ3v) is 9.03. The van der Waals surface area contributed by atoms with Crippen LogP contribution in [-0.2, 0) is 31.9 Å². The molecule has 4 heteroatoms. The van der Waals surface area contributed by atoms with E-state index in [1.54, 1.807) is 0 Å². The van der Waals surface area contributed by atoms with Gasteiger partial charge in [-0.3, -0.25) is 4.98 Å². The third kappa shape index (κ3) is 4.73. The topological polar surface area (TPSA) is 38.7 Å². The van der Waals surface area contributed by atoms with Crippen LogP contribution in [0, 0.1) is 12.1 Å². The number of benzene rings is 4.